The van der Waals surface area contributed by atoms with E-state index in [0.717, 1.165) is 23.3 Å². The normalized spacial score (nSPS) is 12.6. The van der Waals surface area contributed by atoms with Gasteiger partial charge in [-0.1, -0.05) is 19.1 Å². The molecular weight excluding hydrogens is 226 g/mol. The van der Waals surface area contributed by atoms with E-state index in [1.54, 1.807) is 0 Å². The molecule has 1 N–H and O–H groups in total. The van der Waals surface area contributed by atoms with Gasteiger partial charge in [-0.2, -0.15) is 0 Å². The lowest BCUT2D eigenvalue weighted by molar-refractivity contribution is -0.121. The van der Waals surface area contributed by atoms with Crippen molar-refractivity contribution >= 4 is 16.9 Å². The van der Waals surface area contributed by atoms with E-state index >= 15 is 0 Å². The summed E-state index contributed by atoms with van der Waals surface area (Å²) in [5, 5.41) is 2.98. The Bertz CT molecular complexity index is 559. The molecule has 0 aliphatic heterocycles. The fourth-order valence-electron chi connectivity index (χ4n) is 2.16. The number of amides is 1. The van der Waals surface area contributed by atoms with E-state index in [2.05, 4.69) is 10.3 Å². The fourth-order valence-corrected chi connectivity index (χ4v) is 2.16. The molecule has 1 aromatic carbocycles. The number of hydrogen-bond donors (Lipinski definition) is 1. The minimum absolute atomic E-state index is 0.0681. The Morgan fingerprint density at radius 2 is 2.17 bits per heavy atom. The zero-order chi connectivity index (χ0) is 13.1. The van der Waals surface area contributed by atoms with Crippen LogP contribution in [0, 0.1) is 0 Å². The van der Waals surface area contributed by atoms with Crippen LogP contribution in [0.15, 0.2) is 24.3 Å². The standard InChI is InChI=1S/C14H19N3O/c1-4-7-13(18)15-10(2)14-16-11-8-5-6-9-12(11)17(14)3/h5-6,8-10H,4,7H2,1-3H3,(H,15,18)/t10-/m1/s1. The van der Waals surface area contributed by atoms with E-state index in [1.807, 2.05) is 49.7 Å². The molecule has 96 valence electrons. The Labute approximate surface area is 107 Å². The molecular formula is C14H19N3O. The average Bonchev–Trinajstić information content (AvgIpc) is 2.68. The summed E-state index contributed by atoms with van der Waals surface area (Å²) in [6, 6.07) is 7.92. The van der Waals surface area contributed by atoms with Crippen molar-refractivity contribution in [3.05, 3.63) is 30.1 Å². The number of fused-ring (bicyclic) bond motifs is 1. The van der Waals surface area contributed by atoms with Crippen LogP contribution in [0.1, 0.15) is 38.6 Å². The Hall–Kier alpha value is -1.84. The van der Waals surface area contributed by atoms with Crippen molar-refractivity contribution in [2.24, 2.45) is 7.05 Å². The van der Waals surface area contributed by atoms with E-state index in [4.69, 9.17) is 0 Å². The number of nitrogens with one attached hydrogen (secondary N) is 1. The van der Waals surface area contributed by atoms with Crippen LogP contribution in [-0.4, -0.2) is 15.5 Å². The number of hydrogen-bond acceptors (Lipinski definition) is 2. The SMILES string of the molecule is CCCC(=O)N[C@H](C)c1nc2ccccc2n1C. The first-order valence-corrected chi connectivity index (χ1v) is 6.34. The summed E-state index contributed by atoms with van der Waals surface area (Å²) in [7, 11) is 1.98. The van der Waals surface area contributed by atoms with Gasteiger partial charge in [-0.15, -0.1) is 0 Å². The largest absolute Gasteiger partial charge is 0.346 e. The maximum absolute atomic E-state index is 11.6. The van der Waals surface area contributed by atoms with Crippen LogP contribution in [0.5, 0.6) is 0 Å². The van der Waals surface area contributed by atoms with Crippen LogP contribution in [0.2, 0.25) is 0 Å². The highest BCUT2D eigenvalue weighted by Crippen LogP contribution is 2.19. The third kappa shape index (κ3) is 2.37. The summed E-state index contributed by atoms with van der Waals surface area (Å²) >= 11 is 0. The van der Waals surface area contributed by atoms with Crippen molar-refractivity contribution in [1.29, 1.82) is 0 Å². The van der Waals surface area contributed by atoms with Crippen molar-refractivity contribution in [2.45, 2.75) is 32.7 Å². The quantitative estimate of drug-likeness (QED) is 0.899. The molecule has 0 radical (unpaired) electrons. The zero-order valence-electron chi connectivity index (χ0n) is 11.1. The molecule has 0 bridgehead atoms. The van der Waals surface area contributed by atoms with Crippen LogP contribution in [0.4, 0.5) is 0 Å². The van der Waals surface area contributed by atoms with Gasteiger partial charge in [0, 0.05) is 13.5 Å². The van der Waals surface area contributed by atoms with E-state index in [9.17, 15) is 4.79 Å². The summed E-state index contributed by atoms with van der Waals surface area (Å²) in [4.78, 5) is 16.2. The number of aromatic nitrogens is 2. The minimum Gasteiger partial charge on any atom is -0.346 e. The number of benzene rings is 1. The third-order valence-electron chi connectivity index (χ3n) is 3.06. The van der Waals surface area contributed by atoms with E-state index in [1.165, 1.54) is 0 Å². The molecule has 1 heterocycles. The van der Waals surface area contributed by atoms with Gasteiger partial charge in [0.1, 0.15) is 5.82 Å². The Morgan fingerprint density at radius 3 is 2.83 bits per heavy atom. The minimum atomic E-state index is -0.0681. The van der Waals surface area contributed by atoms with Crippen molar-refractivity contribution in [3.63, 3.8) is 0 Å². The van der Waals surface area contributed by atoms with Crippen LogP contribution in [0.25, 0.3) is 11.0 Å². The lowest BCUT2D eigenvalue weighted by Crippen LogP contribution is -2.27. The highest BCUT2D eigenvalue weighted by Gasteiger charge is 2.15. The summed E-state index contributed by atoms with van der Waals surface area (Å²) in [5.41, 5.74) is 2.05. The van der Waals surface area contributed by atoms with Gasteiger partial charge in [0.25, 0.3) is 0 Å². The first-order valence-electron chi connectivity index (χ1n) is 6.34. The van der Waals surface area contributed by atoms with Gasteiger partial charge in [0.05, 0.1) is 17.1 Å². The molecule has 0 unspecified atom stereocenters. The first-order chi connectivity index (χ1) is 8.63. The van der Waals surface area contributed by atoms with Gasteiger partial charge in [-0.05, 0) is 25.5 Å². The van der Waals surface area contributed by atoms with E-state index in [-0.39, 0.29) is 11.9 Å². The van der Waals surface area contributed by atoms with Crippen molar-refractivity contribution < 1.29 is 4.79 Å². The predicted molar refractivity (Wildman–Crippen MR) is 72.2 cm³/mol. The van der Waals surface area contributed by atoms with Gasteiger partial charge in [-0.3, -0.25) is 4.79 Å². The second-order valence-electron chi connectivity index (χ2n) is 4.56. The fraction of sp³-hybridized carbons (Fsp3) is 0.429. The van der Waals surface area contributed by atoms with Gasteiger partial charge in [0.2, 0.25) is 5.91 Å². The monoisotopic (exact) mass is 245 g/mol. The summed E-state index contributed by atoms with van der Waals surface area (Å²) in [6.07, 6.45) is 1.43. The number of para-hydroxylation sites is 2. The molecule has 0 spiro atoms. The zero-order valence-corrected chi connectivity index (χ0v) is 11.1. The smallest absolute Gasteiger partial charge is 0.220 e. The second kappa shape index (κ2) is 5.21. The molecule has 18 heavy (non-hydrogen) atoms. The number of imidazole rings is 1. The number of aryl methyl sites for hydroxylation is 1. The summed E-state index contributed by atoms with van der Waals surface area (Å²) < 4.78 is 2.03. The Balaban J connectivity index is 2.25. The predicted octanol–water partition coefficient (Wildman–Crippen LogP) is 2.55. The highest BCUT2D eigenvalue weighted by molar-refractivity contribution is 5.77. The van der Waals surface area contributed by atoms with Crippen LogP contribution in [-0.2, 0) is 11.8 Å². The summed E-state index contributed by atoms with van der Waals surface area (Å²) in [6.45, 7) is 3.97. The topological polar surface area (TPSA) is 46.9 Å². The molecule has 0 fully saturated rings. The molecule has 0 aliphatic rings. The summed E-state index contributed by atoms with van der Waals surface area (Å²) in [5.74, 6) is 0.970. The molecule has 1 amide bonds. The average molecular weight is 245 g/mol. The van der Waals surface area contributed by atoms with Crippen molar-refractivity contribution in [3.8, 4) is 0 Å². The molecule has 4 heteroatoms. The highest BCUT2D eigenvalue weighted by atomic mass is 16.1. The maximum atomic E-state index is 11.6. The molecule has 1 aromatic heterocycles. The van der Waals surface area contributed by atoms with Crippen LogP contribution in [0.3, 0.4) is 0 Å². The Kier molecular flexibility index (Phi) is 3.65. The molecule has 4 nitrogen and oxygen atoms in total. The van der Waals surface area contributed by atoms with Gasteiger partial charge >= 0.3 is 0 Å². The van der Waals surface area contributed by atoms with Gasteiger partial charge in [-0.25, -0.2) is 4.98 Å². The molecule has 2 rings (SSSR count). The number of carbonyl (C=O) groups is 1. The van der Waals surface area contributed by atoms with Crippen LogP contribution < -0.4 is 5.32 Å². The second-order valence-corrected chi connectivity index (χ2v) is 4.56. The molecule has 0 saturated heterocycles. The van der Waals surface area contributed by atoms with E-state index in [0.29, 0.717) is 6.42 Å². The maximum Gasteiger partial charge on any atom is 0.220 e. The first kappa shape index (κ1) is 12.6. The molecule has 2 aromatic rings. The third-order valence-corrected chi connectivity index (χ3v) is 3.06. The van der Waals surface area contributed by atoms with Gasteiger partial charge < -0.3 is 9.88 Å². The molecule has 0 aliphatic carbocycles. The van der Waals surface area contributed by atoms with Crippen LogP contribution >= 0.6 is 0 Å². The lowest BCUT2D eigenvalue weighted by atomic mass is 10.2. The lowest BCUT2D eigenvalue weighted by Gasteiger charge is -2.13. The van der Waals surface area contributed by atoms with Crippen molar-refractivity contribution in [2.75, 3.05) is 0 Å². The van der Waals surface area contributed by atoms with Crippen molar-refractivity contribution in [1.82, 2.24) is 14.9 Å². The Morgan fingerprint density at radius 1 is 1.44 bits per heavy atom. The number of rotatable bonds is 4. The molecule has 0 saturated carbocycles. The molecule has 1 atom stereocenters. The number of nitrogens with zero attached hydrogens (tertiary/aromatic N) is 2. The van der Waals surface area contributed by atoms with E-state index < -0.39 is 0 Å². The van der Waals surface area contributed by atoms with Gasteiger partial charge in [0.15, 0.2) is 0 Å². The number of carbonyl (C=O) groups excluding carboxylic acids is 1.